The summed E-state index contributed by atoms with van der Waals surface area (Å²) in [5.74, 6) is -0.0361. The summed E-state index contributed by atoms with van der Waals surface area (Å²) in [5, 5.41) is 12.9. The van der Waals surface area contributed by atoms with Crippen LogP contribution in [0.3, 0.4) is 0 Å². The minimum Gasteiger partial charge on any atom is -0.507 e. The Bertz CT molecular complexity index is 802. The molecular formula is C19H16N2O2. The molecule has 114 valence electrons. The van der Waals surface area contributed by atoms with Crippen molar-refractivity contribution in [3.8, 4) is 16.9 Å². The molecule has 3 rings (SSSR count). The second-order valence-electron chi connectivity index (χ2n) is 5.14. The van der Waals surface area contributed by atoms with Crippen LogP contribution in [0.5, 0.6) is 5.75 Å². The SMILES string of the molecule is O=C(NCc1cccnc1)c1ccc(O)c(-c2ccccc2)c1. The second kappa shape index (κ2) is 6.75. The van der Waals surface area contributed by atoms with Crippen molar-refractivity contribution >= 4 is 5.91 Å². The molecule has 4 nitrogen and oxygen atoms in total. The van der Waals surface area contributed by atoms with E-state index in [-0.39, 0.29) is 11.7 Å². The predicted octanol–water partition coefficient (Wildman–Crippen LogP) is 3.38. The molecule has 2 aromatic carbocycles. The van der Waals surface area contributed by atoms with E-state index in [2.05, 4.69) is 10.3 Å². The zero-order chi connectivity index (χ0) is 16.1. The van der Waals surface area contributed by atoms with E-state index in [1.54, 1.807) is 30.6 Å². The molecule has 0 fully saturated rings. The van der Waals surface area contributed by atoms with E-state index < -0.39 is 0 Å². The second-order valence-corrected chi connectivity index (χ2v) is 5.14. The van der Waals surface area contributed by atoms with E-state index in [4.69, 9.17) is 0 Å². The lowest BCUT2D eigenvalue weighted by Gasteiger charge is -2.09. The molecule has 3 aromatic rings. The van der Waals surface area contributed by atoms with Crippen LogP contribution < -0.4 is 5.32 Å². The molecule has 0 aliphatic carbocycles. The van der Waals surface area contributed by atoms with E-state index in [0.29, 0.717) is 17.7 Å². The maximum Gasteiger partial charge on any atom is 0.251 e. The van der Waals surface area contributed by atoms with Gasteiger partial charge in [-0.1, -0.05) is 36.4 Å². The Morgan fingerprint density at radius 1 is 1.04 bits per heavy atom. The highest BCUT2D eigenvalue weighted by atomic mass is 16.3. The van der Waals surface area contributed by atoms with Crippen LogP contribution >= 0.6 is 0 Å². The van der Waals surface area contributed by atoms with Gasteiger partial charge >= 0.3 is 0 Å². The van der Waals surface area contributed by atoms with Gasteiger partial charge in [-0.2, -0.15) is 0 Å². The Labute approximate surface area is 134 Å². The minimum absolute atomic E-state index is 0.153. The molecule has 0 atom stereocenters. The van der Waals surface area contributed by atoms with Gasteiger partial charge in [0.25, 0.3) is 5.91 Å². The monoisotopic (exact) mass is 304 g/mol. The summed E-state index contributed by atoms with van der Waals surface area (Å²) in [4.78, 5) is 16.3. The molecular weight excluding hydrogens is 288 g/mol. The van der Waals surface area contributed by atoms with Crippen molar-refractivity contribution in [3.63, 3.8) is 0 Å². The van der Waals surface area contributed by atoms with Crippen LogP contribution in [-0.2, 0) is 6.54 Å². The van der Waals surface area contributed by atoms with Crippen molar-refractivity contribution in [1.29, 1.82) is 0 Å². The van der Waals surface area contributed by atoms with Crippen LogP contribution in [0, 0.1) is 0 Å². The molecule has 4 heteroatoms. The maximum atomic E-state index is 12.3. The summed E-state index contributed by atoms with van der Waals surface area (Å²) in [6, 6.07) is 18.1. The van der Waals surface area contributed by atoms with Crippen molar-refractivity contribution in [2.75, 3.05) is 0 Å². The number of phenols is 1. The number of rotatable bonds is 4. The third kappa shape index (κ3) is 3.55. The Morgan fingerprint density at radius 3 is 2.61 bits per heavy atom. The summed E-state index contributed by atoms with van der Waals surface area (Å²) in [6.45, 7) is 0.411. The fourth-order valence-electron chi connectivity index (χ4n) is 2.31. The molecule has 0 saturated carbocycles. The van der Waals surface area contributed by atoms with Crippen LogP contribution in [0.1, 0.15) is 15.9 Å². The predicted molar refractivity (Wildman–Crippen MR) is 89.0 cm³/mol. The third-order valence-corrected chi connectivity index (χ3v) is 3.52. The Morgan fingerprint density at radius 2 is 1.87 bits per heavy atom. The first-order chi connectivity index (χ1) is 11.2. The minimum atomic E-state index is -0.189. The Kier molecular flexibility index (Phi) is 4.34. The Balaban J connectivity index is 1.79. The van der Waals surface area contributed by atoms with Gasteiger partial charge in [-0.3, -0.25) is 9.78 Å². The van der Waals surface area contributed by atoms with Gasteiger partial charge in [-0.15, -0.1) is 0 Å². The number of carbonyl (C=O) groups is 1. The van der Waals surface area contributed by atoms with Crippen LogP contribution in [0.4, 0.5) is 0 Å². The molecule has 0 unspecified atom stereocenters. The summed E-state index contributed by atoms with van der Waals surface area (Å²) in [5.41, 5.74) is 2.94. The standard InChI is InChI=1S/C19H16N2O2/c22-18-9-8-16(11-17(18)15-6-2-1-3-7-15)19(23)21-13-14-5-4-10-20-12-14/h1-12,22H,13H2,(H,21,23). The highest BCUT2D eigenvalue weighted by Crippen LogP contribution is 2.29. The van der Waals surface area contributed by atoms with Gasteiger partial charge in [0.15, 0.2) is 0 Å². The van der Waals surface area contributed by atoms with Crippen molar-refractivity contribution in [3.05, 3.63) is 84.2 Å². The summed E-state index contributed by atoms with van der Waals surface area (Å²) in [6.07, 6.45) is 3.41. The van der Waals surface area contributed by atoms with Gasteiger partial charge < -0.3 is 10.4 Å². The van der Waals surface area contributed by atoms with Crippen LogP contribution in [0.15, 0.2) is 73.1 Å². The molecule has 0 aliphatic rings. The molecule has 2 N–H and O–H groups in total. The van der Waals surface area contributed by atoms with Gasteiger partial charge in [-0.25, -0.2) is 0 Å². The largest absolute Gasteiger partial charge is 0.507 e. The van der Waals surface area contributed by atoms with E-state index in [1.165, 1.54) is 0 Å². The Hall–Kier alpha value is -3.14. The van der Waals surface area contributed by atoms with Gasteiger partial charge in [0.2, 0.25) is 0 Å². The number of hydrogen-bond acceptors (Lipinski definition) is 3. The van der Waals surface area contributed by atoms with Gasteiger partial charge in [0.05, 0.1) is 0 Å². The number of hydrogen-bond donors (Lipinski definition) is 2. The van der Waals surface area contributed by atoms with Crippen molar-refractivity contribution in [2.45, 2.75) is 6.54 Å². The number of benzene rings is 2. The van der Waals surface area contributed by atoms with Gasteiger partial charge in [0, 0.05) is 30.1 Å². The normalized spacial score (nSPS) is 10.3. The molecule has 1 amide bonds. The molecule has 1 heterocycles. The average molecular weight is 304 g/mol. The van der Waals surface area contributed by atoms with E-state index in [9.17, 15) is 9.90 Å². The van der Waals surface area contributed by atoms with Crippen molar-refractivity contribution < 1.29 is 9.90 Å². The van der Waals surface area contributed by atoms with Crippen molar-refractivity contribution in [1.82, 2.24) is 10.3 Å². The summed E-state index contributed by atoms with van der Waals surface area (Å²) < 4.78 is 0. The highest BCUT2D eigenvalue weighted by Gasteiger charge is 2.10. The smallest absolute Gasteiger partial charge is 0.251 e. The molecule has 23 heavy (non-hydrogen) atoms. The molecule has 0 spiro atoms. The zero-order valence-corrected chi connectivity index (χ0v) is 12.4. The maximum absolute atomic E-state index is 12.3. The van der Waals surface area contributed by atoms with E-state index >= 15 is 0 Å². The average Bonchev–Trinajstić information content (AvgIpc) is 2.62. The van der Waals surface area contributed by atoms with E-state index in [1.807, 2.05) is 42.5 Å². The molecule has 0 saturated heterocycles. The van der Waals surface area contributed by atoms with Crippen LogP contribution in [0.2, 0.25) is 0 Å². The third-order valence-electron chi connectivity index (χ3n) is 3.52. The molecule has 0 radical (unpaired) electrons. The number of phenolic OH excluding ortho intramolecular Hbond substituents is 1. The topological polar surface area (TPSA) is 62.2 Å². The van der Waals surface area contributed by atoms with Gasteiger partial charge in [0.1, 0.15) is 5.75 Å². The first-order valence-corrected chi connectivity index (χ1v) is 7.29. The number of aromatic nitrogens is 1. The number of aromatic hydroxyl groups is 1. The fraction of sp³-hybridized carbons (Fsp3) is 0.0526. The number of carbonyl (C=O) groups excluding carboxylic acids is 1. The van der Waals surface area contributed by atoms with Gasteiger partial charge in [-0.05, 0) is 35.4 Å². The lowest BCUT2D eigenvalue weighted by atomic mass is 10.0. The molecule has 0 bridgehead atoms. The summed E-state index contributed by atoms with van der Waals surface area (Å²) >= 11 is 0. The number of nitrogens with one attached hydrogen (secondary N) is 1. The lowest BCUT2D eigenvalue weighted by Crippen LogP contribution is -2.22. The molecule has 1 aromatic heterocycles. The number of amides is 1. The first kappa shape index (κ1) is 14.8. The summed E-state index contributed by atoms with van der Waals surface area (Å²) in [7, 11) is 0. The zero-order valence-electron chi connectivity index (χ0n) is 12.4. The fourth-order valence-corrected chi connectivity index (χ4v) is 2.31. The quantitative estimate of drug-likeness (QED) is 0.776. The van der Waals surface area contributed by atoms with Crippen LogP contribution in [0.25, 0.3) is 11.1 Å². The van der Waals surface area contributed by atoms with Crippen molar-refractivity contribution in [2.24, 2.45) is 0 Å². The first-order valence-electron chi connectivity index (χ1n) is 7.29. The number of pyridine rings is 1. The van der Waals surface area contributed by atoms with E-state index in [0.717, 1.165) is 11.1 Å². The van der Waals surface area contributed by atoms with Crippen LogP contribution in [-0.4, -0.2) is 16.0 Å². The molecule has 0 aliphatic heterocycles. The lowest BCUT2D eigenvalue weighted by molar-refractivity contribution is 0.0951. The highest BCUT2D eigenvalue weighted by molar-refractivity contribution is 5.96. The number of nitrogens with zero attached hydrogens (tertiary/aromatic N) is 1.